The molecule has 0 aromatic heterocycles. The van der Waals surface area contributed by atoms with Crippen molar-refractivity contribution in [2.24, 2.45) is 0 Å². The first-order valence-electron chi connectivity index (χ1n) is 12.2. The molecule has 38 heavy (non-hydrogen) atoms. The van der Waals surface area contributed by atoms with Gasteiger partial charge in [0.1, 0.15) is 0 Å². The molecule has 0 spiro atoms. The predicted octanol–water partition coefficient (Wildman–Crippen LogP) is 3.34. The molecule has 10 nitrogen and oxygen atoms in total. The molecule has 0 radical (unpaired) electrons. The number of hydrogen-bond donors (Lipinski definition) is 3. The van der Waals surface area contributed by atoms with Crippen LogP contribution in [0.2, 0.25) is 5.02 Å². The van der Waals surface area contributed by atoms with Gasteiger partial charge in [0.2, 0.25) is 12.2 Å². The summed E-state index contributed by atoms with van der Waals surface area (Å²) in [6.45, 7) is 4.27. The number of nitrogens with zero attached hydrogens (tertiary/aromatic N) is 1. The molecule has 2 heterocycles. The molecule has 2 aromatic rings. The maximum atomic E-state index is 13.2. The van der Waals surface area contributed by atoms with Crippen LogP contribution in [-0.4, -0.2) is 41.7 Å². The van der Waals surface area contributed by atoms with Gasteiger partial charge in [-0.3, -0.25) is 14.6 Å². The minimum absolute atomic E-state index is 0.0669. The van der Waals surface area contributed by atoms with Crippen LogP contribution in [0.15, 0.2) is 53.6 Å². The van der Waals surface area contributed by atoms with Crippen molar-refractivity contribution in [3.8, 4) is 0 Å². The number of halogens is 1. The van der Waals surface area contributed by atoms with E-state index in [1.807, 2.05) is 6.92 Å². The summed E-state index contributed by atoms with van der Waals surface area (Å²) in [5, 5.41) is 7.42. The van der Waals surface area contributed by atoms with E-state index in [2.05, 4.69) is 16.1 Å². The highest BCUT2D eigenvalue weighted by Crippen LogP contribution is 2.22. The lowest BCUT2D eigenvalue weighted by Gasteiger charge is -2.30. The van der Waals surface area contributed by atoms with Gasteiger partial charge in [-0.15, -0.1) is 0 Å². The Hall–Kier alpha value is -3.89. The van der Waals surface area contributed by atoms with Gasteiger partial charge in [0.25, 0.3) is 5.91 Å². The summed E-state index contributed by atoms with van der Waals surface area (Å²) >= 11 is 6.16. The number of alkyl carbamates (subject to hydrolysis) is 1. The van der Waals surface area contributed by atoms with Crippen LogP contribution in [0.5, 0.6) is 0 Å². The molecule has 1 atom stereocenters. The van der Waals surface area contributed by atoms with Gasteiger partial charge in [-0.25, -0.2) is 15.0 Å². The molecule has 0 saturated carbocycles. The van der Waals surface area contributed by atoms with E-state index >= 15 is 0 Å². The van der Waals surface area contributed by atoms with Crippen LogP contribution in [0.3, 0.4) is 0 Å². The number of nitrogens with one attached hydrogen (secondary N) is 3. The molecule has 3 N–H and O–H groups in total. The Balaban J connectivity index is 1.58. The maximum Gasteiger partial charge on any atom is 0.410 e. The van der Waals surface area contributed by atoms with Crippen molar-refractivity contribution < 1.29 is 28.7 Å². The van der Waals surface area contributed by atoms with E-state index in [0.29, 0.717) is 34.7 Å². The first-order valence-corrected chi connectivity index (χ1v) is 12.6. The van der Waals surface area contributed by atoms with Crippen molar-refractivity contribution in [1.29, 1.82) is 0 Å². The van der Waals surface area contributed by atoms with Crippen LogP contribution in [0.25, 0.3) is 0 Å². The fourth-order valence-corrected chi connectivity index (χ4v) is 4.40. The van der Waals surface area contributed by atoms with E-state index in [4.69, 9.17) is 21.1 Å². The second kappa shape index (κ2) is 12.1. The van der Waals surface area contributed by atoms with Crippen LogP contribution in [0, 0.1) is 0 Å². The van der Waals surface area contributed by atoms with Gasteiger partial charge in [-0.05, 0) is 54.3 Å². The van der Waals surface area contributed by atoms with Gasteiger partial charge in [0, 0.05) is 43.7 Å². The highest BCUT2D eigenvalue weighted by molar-refractivity contribution is 6.30. The lowest BCUT2D eigenvalue weighted by atomic mass is 9.98. The van der Waals surface area contributed by atoms with Gasteiger partial charge < -0.3 is 20.1 Å². The highest BCUT2D eigenvalue weighted by Gasteiger charge is 2.27. The highest BCUT2D eigenvalue weighted by atomic mass is 35.5. The molecule has 4 bridgehead atoms. The van der Waals surface area contributed by atoms with Crippen molar-refractivity contribution in [2.45, 2.75) is 52.6 Å². The SMILES string of the molecule is CC1=C2CC(=O)NCc3cc(Cl)ccc3CNC(=O)OC(C)OC(=O)c3cccc(c3)CNN(CC1)C2=O. The van der Waals surface area contributed by atoms with E-state index in [9.17, 15) is 19.2 Å². The molecule has 0 saturated heterocycles. The van der Waals surface area contributed by atoms with E-state index in [0.717, 1.165) is 11.1 Å². The molecule has 2 aromatic carbocycles. The summed E-state index contributed by atoms with van der Waals surface area (Å²) in [5.41, 5.74) is 6.82. The number of carbonyl (C=O) groups is 4. The number of carbonyl (C=O) groups excluding carboxylic acids is 4. The van der Waals surface area contributed by atoms with Crippen molar-refractivity contribution in [1.82, 2.24) is 21.1 Å². The topological polar surface area (TPSA) is 126 Å². The third-order valence-corrected chi connectivity index (χ3v) is 6.55. The Morgan fingerprint density at radius 2 is 1.74 bits per heavy atom. The van der Waals surface area contributed by atoms with Gasteiger partial charge in [0.05, 0.1) is 12.0 Å². The van der Waals surface area contributed by atoms with Crippen molar-refractivity contribution in [3.05, 3.63) is 80.9 Å². The smallest absolute Gasteiger partial charge is 0.410 e. The Kier molecular flexibility index (Phi) is 8.65. The number of fused-ring (bicyclic) bond motifs is 5. The number of rotatable bonds is 0. The molecule has 0 aliphatic carbocycles. The Morgan fingerprint density at radius 1 is 0.947 bits per heavy atom. The summed E-state index contributed by atoms with van der Waals surface area (Å²) in [4.78, 5) is 50.9. The number of ether oxygens (including phenoxy) is 2. The average molecular weight is 541 g/mol. The lowest BCUT2D eigenvalue weighted by molar-refractivity contribution is -0.132. The van der Waals surface area contributed by atoms with Crippen molar-refractivity contribution in [2.75, 3.05) is 6.54 Å². The predicted molar refractivity (Wildman–Crippen MR) is 138 cm³/mol. The van der Waals surface area contributed by atoms with Crippen LogP contribution < -0.4 is 16.1 Å². The fraction of sp³-hybridized carbons (Fsp3) is 0.333. The van der Waals surface area contributed by atoms with Crippen LogP contribution in [0.1, 0.15) is 53.7 Å². The fourth-order valence-electron chi connectivity index (χ4n) is 4.20. The Morgan fingerprint density at radius 3 is 2.55 bits per heavy atom. The van der Waals surface area contributed by atoms with Crippen LogP contribution in [0.4, 0.5) is 4.79 Å². The summed E-state index contributed by atoms with van der Waals surface area (Å²) in [7, 11) is 0. The van der Waals surface area contributed by atoms with Gasteiger partial charge >= 0.3 is 12.1 Å². The molecule has 3 amide bonds. The summed E-state index contributed by atoms with van der Waals surface area (Å²) in [5.74, 6) is -1.23. The minimum atomic E-state index is -1.14. The number of amides is 3. The first kappa shape index (κ1) is 27.2. The third kappa shape index (κ3) is 6.90. The monoisotopic (exact) mass is 540 g/mol. The zero-order chi connectivity index (χ0) is 27.2. The minimum Gasteiger partial charge on any atom is -0.422 e. The van der Waals surface area contributed by atoms with Gasteiger partial charge in [-0.1, -0.05) is 35.4 Å². The quantitative estimate of drug-likeness (QED) is 0.437. The molecule has 4 rings (SSSR count). The molecule has 1 unspecified atom stereocenters. The zero-order valence-electron chi connectivity index (χ0n) is 21.1. The van der Waals surface area contributed by atoms with Crippen LogP contribution >= 0.6 is 11.6 Å². The molecule has 200 valence electrons. The van der Waals surface area contributed by atoms with Gasteiger partial charge in [0.15, 0.2) is 0 Å². The number of cyclic esters (lactones) is 2. The summed E-state index contributed by atoms with van der Waals surface area (Å²) < 4.78 is 10.4. The largest absolute Gasteiger partial charge is 0.422 e. The molecule has 2 aliphatic rings. The zero-order valence-corrected chi connectivity index (χ0v) is 21.9. The number of benzene rings is 2. The average Bonchev–Trinajstić information content (AvgIpc) is 2.88. The Bertz CT molecular complexity index is 1290. The number of hydrazine groups is 1. The third-order valence-electron chi connectivity index (χ3n) is 6.32. The standard InChI is InChI=1S/C27H29ClN4O6/c1-16-8-9-32-25(34)23(16)12-24(33)29-15-21-11-22(28)7-6-20(21)14-30-27(36)38-17(2)37-26(35)19-5-3-4-18(10-19)13-31-32/h3-7,10-11,17,31H,8-9,12-15H2,1-2H3,(H,29,33)(H,30,36). The van der Waals surface area contributed by atoms with E-state index in [-0.39, 0.29) is 43.4 Å². The van der Waals surface area contributed by atoms with Crippen molar-refractivity contribution >= 4 is 35.5 Å². The van der Waals surface area contributed by atoms with E-state index < -0.39 is 18.4 Å². The van der Waals surface area contributed by atoms with Crippen molar-refractivity contribution in [3.63, 3.8) is 0 Å². The maximum absolute atomic E-state index is 13.2. The Labute approximate surface area is 225 Å². The second-order valence-corrected chi connectivity index (χ2v) is 9.54. The first-order chi connectivity index (χ1) is 18.2. The van der Waals surface area contributed by atoms with E-state index in [1.54, 1.807) is 42.5 Å². The summed E-state index contributed by atoms with van der Waals surface area (Å²) in [6, 6.07) is 11.8. The second-order valence-electron chi connectivity index (χ2n) is 9.10. The number of hydrogen-bond acceptors (Lipinski definition) is 7. The molecule has 0 fully saturated rings. The van der Waals surface area contributed by atoms with Gasteiger partial charge in [-0.2, -0.15) is 0 Å². The van der Waals surface area contributed by atoms with Crippen LogP contribution in [-0.2, 0) is 38.7 Å². The lowest BCUT2D eigenvalue weighted by Crippen LogP contribution is -2.46. The molecular formula is C27H29ClN4O6. The molecule has 2 aliphatic heterocycles. The van der Waals surface area contributed by atoms with E-state index in [1.165, 1.54) is 11.9 Å². The molecule has 11 heteroatoms. The molecular weight excluding hydrogens is 512 g/mol. The number of esters is 1. The summed E-state index contributed by atoms with van der Waals surface area (Å²) in [6.07, 6.45) is -1.35. The normalized spacial score (nSPS) is 19.9.